The molecule has 1 unspecified atom stereocenters. The van der Waals surface area contributed by atoms with Gasteiger partial charge in [-0.1, -0.05) is 6.92 Å². The molecule has 0 spiro atoms. The van der Waals surface area contributed by atoms with Crippen molar-refractivity contribution in [3.63, 3.8) is 0 Å². The van der Waals surface area contributed by atoms with Gasteiger partial charge in [0.05, 0.1) is 5.54 Å². The van der Waals surface area contributed by atoms with E-state index in [0.29, 0.717) is 0 Å². The molecule has 0 aliphatic carbocycles. The van der Waals surface area contributed by atoms with E-state index in [0.717, 1.165) is 12.8 Å². The highest BCUT2D eigenvalue weighted by Crippen LogP contribution is 2.20. The molecule has 1 heterocycles. The summed E-state index contributed by atoms with van der Waals surface area (Å²) in [4.78, 5) is 11.1. The van der Waals surface area contributed by atoms with Crippen molar-refractivity contribution < 1.29 is 4.79 Å². The van der Waals surface area contributed by atoms with Crippen LogP contribution in [0.15, 0.2) is 0 Å². The van der Waals surface area contributed by atoms with Gasteiger partial charge in [0.15, 0.2) is 0 Å². The third kappa shape index (κ3) is 1.01. The molecule has 1 fully saturated rings. The Labute approximate surface area is 61.0 Å². The summed E-state index contributed by atoms with van der Waals surface area (Å²) in [5.74, 6) is 0.00231. The molecule has 1 aliphatic rings. The van der Waals surface area contributed by atoms with E-state index in [1.807, 2.05) is 13.8 Å². The lowest BCUT2D eigenvalue weighted by Gasteiger charge is -2.16. The Morgan fingerprint density at radius 2 is 2.50 bits per heavy atom. The summed E-state index contributed by atoms with van der Waals surface area (Å²) < 4.78 is 0. The molecule has 10 heavy (non-hydrogen) atoms. The minimum absolute atomic E-state index is 0.00231. The SMILES string of the molecule is CCC1(N)C[C@@H](C)NC1=O. The highest BCUT2D eigenvalue weighted by atomic mass is 16.2. The molecule has 1 rings (SSSR count). The van der Waals surface area contributed by atoms with Crippen molar-refractivity contribution in [2.75, 3.05) is 0 Å². The molecule has 1 saturated heterocycles. The average molecular weight is 142 g/mol. The summed E-state index contributed by atoms with van der Waals surface area (Å²) >= 11 is 0. The van der Waals surface area contributed by atoms with Crippen LogP contribution in [0.5, 0.6) is 0 Å². The Hall–Kier alpha value is -0.570. The van der Waals surface area contributed by atoms with Crippen molar-refractivity contribution in [2.45, 2.75) is 38.3 Å². The highest BCUT2D eigenvalue weighted by Gasteiger charge is 2.39. The van der Waals surface area contributed by atoms with Gasteiger partial charge in [-0.25, -0.2) is 0 Å². The maximum absolute atomic E-state index is 11.1. The van der Waals surface area contributed by atoms with Gasteiger partial charge < -0.3 is 11.1 Å². The maximum atomic E-state index is 11.1. The largest absolute Gasteiger partial charge is 0.352 e. The molecule has 1 amide bonds. The first-order valence-electron chi connectivity index (χ1n) is 3.68. The molecule has 0 aromatic heterocycles. The number of carbonyl (C=O) groups is 1. The number of rotatable bonds is 1. The van der Waals surface area contributed by atoms with Crippen LogP contribution in [0.1, 0.15) is 26.7 Å². The fraction of sp³-hybridized carbons (Fsp3) is 0.857. The lowest BCUT2D eigenvalue weighted by Crippen LogP contribution is -2.46. The van der Waals surface area contributed by atoms with Gasteiger partial charge in [-0.15, -0.1) is 0 Å². The number of carbonyl (C=O) groups excluding carboxylic acids is 1. The van der Waals surface area contributed by atoms with Gasteiger partial charge in [0.1, 0.15) is 0 Å². The van der Waals surface area contributed by atoms with E-state index in [2.05, 4.69) is 5.32 Å². The predicted molar refractivity (Wildman–Crippen MR) is 39.4 cm³/mol. The van der Waals surface area contributed by atoms with Crippen LogP contribution < -0.4 is 11.1 Å². The molecule has 3 heteroatoms. The lowest BCUT2D eigenvalue weighted by molar-refractivity contribution is -0.123. The van der Waals surface area contributed by atoms with Crippen LogP contribution in [0.4, 0.5) is 0 Å². The first kappa shape index (κ1) is 7.54. The number of hydrogen-bond acceptors (Lipinski definition) is 2. The van der Waals surface area contributed by atoms with Crippen LogP contribution in [0.2, 0.25) is 0 Å². The third-order valence-corrected chi connectivity index (χ3v) is 2.13. The minimum atomic E-state index is -0.584. The Balaban J connectivity index is 2.70. The fourth-order valence-corrected chi connectivity index (χ4v) is 1.36. The van der Waals surface area contributed by atoms with E-state index in [1.54, 1.807) is 0 Å². The van der Waals surface area contributed by atoms with Crippen molar-refractivity contribution in [1.29, 1.82) is 0 Å². The third-order valence-electron chi connectivity index (χ3n) is 2.13. The Morgan fingerprint density at radius 3 is 2.70 bits per heavy atom. The second kappa shape index (κ2) is 2.23. The van der Waals surface area contributed by atoms with E-state index in [1.165, 1.54) is 0 Å². The molecular formula is C7H14N2O. The van der Waals surface area contributed by atoms with Gasteiger partial charge in [0, 0.05) is 6.04 Å². The summed E-state index contributed by atoms with van der Waals surface area (Å²) in [6, 6.07) is 0.248. The van der Waals surface area contributed by atoms with Crippen molar-refractivity contribution >= 4 is 5.91 Å². The van der Waals surface area contributed by atoms with Crippen molar-refractivity contribution in [1.82, 2.24) is 5.32 Å². The molecule has 0 aromatic carbocycles. The van der Waals surface area contributed by atoms with Gasteiger partial charge in [-0.3, -0.25) is 4.79 Å². The molecule has 58 valence electrons. The highest BCUT2D eigenvalue weighted by molar-refractivity contribution is 5.88. The minimum Gasteiger partial charge on any atom is -0.352 e. The Kier molecular flexibility index (Phi) is 1.68. The molecule has 0 aromatic rings. The predicted octanol–water partition coefficient (Wildman–Crippen LogP) is 0.00230. The summed E-state index contributed by atoms with van der Waals surface area (Å²) in [6.07, 6.45) is 1.49. The normalized spacial score (nSPS) is 39.9. The van der Waals surface area contributed by atoms with Crippen LogP contribution >= 0.6 is 0 Å². The zero-order valence-electron chi connectivity index (χ0n) is 6.48. The number of hydrogen-bond donors (Lipinski definition) is 2. The quantitative estimate of drug-likeness (QED) is 0.541. The average Bonchev–Trinajstić information content (AvgIpc) is 2.09. The fourth-order valence-electron chi connectivity index (χ4n) is 1.36. The van der Waals surface area contributed by atoms with E-state index < -0.39 is 5.54 Å². The van der Waals surface area contributed by atoms with E-state index in [4.69, 9.17) is 5.73 Å². The van der Waals surface area contributed by atoms with Crippen molar-refractivity contribution in [3.05, 3.63) is 0 Å². The van der Waals surface area contributed by atoms with Gasteiger partial charge >= 0.3 is 0 Å². The van der Waals surface area contributed by atoms with E-state index in [-0.39, 0.29) is 11.9 Å². The summed E-state index contributed by atoms with van der Waals surface area (Å²) in [5.41, 5.74) is 5.20. The lowest BCUT2D eigenvalue weighted by atomic mass is 9.94. The molecule has 0 bridgehead atoms. The number of nitrogens with two attached hydrogens (primary N) is 1. The van der Waals surface area contributed by atoms with Gasteiger partial charge in [0.2, 0.25) is 5.91 Å². The molecule has 3 N–H and O–H groups in total. The summed E-state index contributed by atoms with van der Waals surface area (Å²) in [6.45, 7) is 3.92. The van der Waals surface area contributed by atoms with Crippen LogP contribution in [0.3, 0.4) is 0 Å². The van der Waals surface area contributed by atoms with Gasteiger partial charge in [-0.2, -0.15) is 0 Å². The van der Waals surface area contributed by atoms with Gasteiger partial charge in [0.25, 0.3) is 0 Å². The second-order valence-electron chi connectivity index (χ2n) is 3.09. The zero-order valence-corrected chi connectivity index (χ0v) is 6.48. The summed E-state index contributed by atoms with van der Waals surface area (Å²) in [5, 5.41) is 2.79. The Bertz CT molecular complexity index is 158. The van der Waals surface area contributed by atoms with Crippen LogP contribution in [-0.4, -0.2) is 17.5 Å². The van der Waals surface area contributed by atoms with Crippen LogP contribution in [0, 0.1) is 0 Å². The van der Waals surface area contributed by atoms with Crippen molar-refractivity contribution in [2.24, 2.45) is 5.73 Å². The second-order valence-corrected chi connectivity index (χ2v) is 3.09. The standard InChI is InChI=1S/C7H14N2O/c1-3-7(8)4-5(2)9-6(7)10/h5H,3-4,8H2,1-2H3,(H,9,10)/t5-,7?/m1/s1. The number of nitrogens with one attached hydrogen (secondary N) is 1. The van der Waals surface area contributed by atoms with Gasteiger partial charge in [-0.05, 0) is 19.8 Å². The van der Waals surface area contributed by atoms with E-state index >= 15 is 0 Å². The summed E-state index contributed by atoms with van der Waals surface area (Å²) in [7, 11) is 0. The number of amides is 1. The van der Waals surface area contributed by atoms with Crippen molar-refractivity contribution in [3.8, 4) is 0 Å². The Morgan fingerprint density at radius 1 is 1.90 bits per heavy atom. The smallest absolute Gasteiger partial charge is 0.240 e. The molecule has 3 nitrogen and oxygen atoms in total. The van der Waals surface area contributed by atoms with Crippen LogP contribution in [0.25, 0.3) is 0 Å². The topological polar surface area (TPSA) is 55.1 Å². The first-order chi connectivity index (χ1) is 4.58. The van der Waals surface area contributed by atoms with Crippen LogP contribution in [-0.2, 0) is 4.79 Å². The monoisotopic (exact) mass is 142 g/mol. The first-order valence-corrected chi connectivity index (χ1v) is 3.68. The zero-order chi connectivity index (χ0) is 7.78. The maximum Gasteiger partial charge on any atom is 0.240 e. The molecular weight excluding hydrogens is 128 g/mol. The molecule has 0 saturated carbocycles. The molecule has 0 radical (unpaired) electrons. The molecule has 1 aliphatic heterocycles. The van der Waals surface area contributed by atoms with E-state index in [9.17, 15) is 4.79 Å². The molecule has 2 atom stereocenters.